The molecule has 2 aliphatic rings. The number of likely N-dealkylation sites (N-methyl/N-ethyl adjacent to an activating group) is 1. The van der Waals surface area contributed by atoms with Crippen LogP contribution in [-0.2, 0) is 53.1 Å². The number of hydrogen-bond acceptors (Lipinski definition) is 9. The van der Waals surface area contributed by atoms with Gasteiger partial charge in [0.15, 0.2) is 0 Å². The highest BCUT2D eigenvalue weighted by Crippen LogP contribution is 2.22. The second-order valence-electron chi connectivity index (χ2n) is 14.4. The second-order valence-corrected chi connectivity index (χ2v) is 14.4. The van der Waals surface area contributed by atoms with Crippen molar-refractivity contribution in [1.29, 1.82) is 0 Å². The Hall–Kier alpha value is -5.38. The number of nitrogens with one attached hydrogen (secondary N) is 3. The monoisotopic (exact) mass is 745 g/mol. The summed E-state index contributed by atoms with van der Waals surface area (Å²) in [5, 5.41) is 18.3. The van der Waals surface area contributed by atoms with Gasteiger partial charge in [-0.25, -0.2) is 4.68 Å². The van der Waals surface area contributed by atoms with E-state index in [1.807, 2.05) is 56.3 Å². The maximum atomic E-state index is 14.4. The van der Waals surface area contributed by atoms with Gasteiger partial charge in [-0.15, -0.1) is 5.10 Å². The fraction of sp³-hybridized carbons (Fsp3) is 0.526. The molecule has 6 amide bonds. The largest absolute Gasteiger partial charge is 0.372 e. The van der Waals surface area contributed by atoms with Gasteiger partial charge in [0.2, 0.25) is 35.4 Å². The van der Waals surface area contributed by atoms with Crippen LogP contribution < -0.4 is 21.7 Å². The van der Waals surface area contributed by atoms with Crippen molar-refractivity contribution in [2.75, 3.05) is 26.7 Å². The van der Waals surface area contributed by atoms with E-state index < -0.39 is 53.7 Å². The maximum Gasteiger partial charge on any atom is 0.247 e. The summed E-state index contributed by atoms with van der Waals surface area (Å²) in [7, 11) is 1.46. The van der Waals surface area contributed by atoms with Crippen molar-refractivity contribution < 1.29 is 33.5 Å². The standard InChI is InChI=1S/C38H51N9O7/c1-24(2)18-32(35(39)50)45(3)38(53)30-23-54-22-27-20-41-44-47(27)17-7-6-15-33(48)40-21-34(49)46-16-9-14-31(46)37(52)42-29(36(51)43-30)19-26-12-8-11-25-10-4-5-13-28(25)26/h4-5,8,10-13,20,24,29-32H,6-7,9,14-19,21-23H2,1-3H3,(H2,39,50)(H,40,48)(H,42,52)(H,43,51)/t29-,30-,31-,32-/m0/s1. The molecule has 4 atom stereocenters. The highest BCUT2D eigenvalue weighted by atomic mass is 16.5. The van der Waals surface area contributed by atoms with Crippen LogP contribution in [0, 0.1) is 5.92 Å². The molecule has 1 aromatic heterocycles. The number of nitrogens with two attached hydrogens (primary N) is 1. The fourth-order valence-electron chi connectivity index (χ4n) is 7.04. The Morgan fingerprint density at radius 2 is 1.78 bits per heavy atom. The molecular formula is C38H51N9O7. The lowest BCUT2D eigenvalue weighted by molar-refractivity contribution is -0.143. The van der Waals surface area contributed by atoms with E-state index >= 15 is 0 Å². The molecule has 0 radical (unpaired) electrons. The molecule has 2 aliphatic heterocycles. The Balaban J connectivity index is 1.48. The molecule has 5 N–H and O–H groups in total. The Morgan fingerprint density at radius 3 is 2.56 bits per heavy atom. The van der Waals surface area contributed by atoms with Gasteiger partial charge in [0.05, 0.1) is 31.6 Å². The lowest BCUT2D eigenvalue weighted by Gasteiger charge is -2.32. The average Bonchev–Trinajstić information content (AvgIpc) is 3.83. The molecule has 0 unspecified atom stereocenters. The van der Waals surface area contributed by atoms with Gasteiger partial charge in [-0.05, 0) is 54.4 Å². The summed E-state index contributed by atoms with van der Waals surface area (Å²) in [4.78, 5) is 83.6. The van der Waals surface area contributed by atoms with Crippen molar-refractivity contribution in [3.63, 3.8) is 0 Å². The number of carbonyl (C=O) groups excluding carboxylic acids is 6. The SMILES string of the molecule is CC(C)C[C@@H](C(N)=O)N(C)C(=O)[C@@H]1COCc2cnnn2CCCCC(=O)NCC(=O)N2CCC[C@H]2C(=O)N[C@@H](Cc2cccc3ccccc23)C(=O)N1. The molecule has 5 rings (SSSR count). The lowest BCUT2D eigenvalue weighted by Crippen LogP contribution is -2.59. The van der Waals surface area contributed by atoms with Crippen molar-refractivity contribution in [3.05, 3.63) is 59.9 Å². The Kier molecular flexibility index (Phi) is 13.7. The maximum absolute atomic E-state index is 14.4. The third kappa shape index (κ3) is 10.2. The normalized spacial score (nSPS) is 21.6. The van der Waals surface area contributed by atoms with E-state index in [1.54, 1.807) is 4.68 Å². The highest BCUT2D eigenvalue weighted by molar-refractivity contribution is 5.96. The zero-order valence-corrected chi connectivity index (χ0v) is 31.2. The van der Waals surface area contributed by atoms with Gasteiger partial charge in [0.25, 0.3) is 0 Å². The van der Waals surface area contributed by atoms with Crippen LogP contribution in [-0.4, -0.2) is 111 Å². The quantitative estimate of drug-likeness (QED) is 0.269. The number of primary amides is 1. The van der Waals surface area contributed by atoms with Crippen LogP contribution in [0.5, 0.6) is 0 Å². The van der Waals surface area contributed by atoms with E-state index in [0.717, 1.165) is 16.3 Å². The topological polar surface area (TPSA) is 211 Å². The number of fused-ring (bicyclic) bond motifs is 3. The highest BCUT2D eigenvalue weighted by Gasteiger charge is 2.38. The van der Waals surface area contributed by atoms with E-state index in [4.69, 9.17) is 10.5 Å². The minimum atomic E-state index is -1.27. The number of nitrogens with zero attached hydrogens (tertiary/aromatic N) is 5. The van der Waals surface area contributed by atoms with Crippen LogP contribution >= 0.6 is 0 Å². The Morgan fingerprint density at radius 1 is 1.00 bits per heavy atom. The van der Waals surface area contributed by atoms with Crippen LogP contribution in [0.25, 0.3) is 10.8 Å². The first-order chi connectivity index (χ1) is 25.9. The molecule has 0 spiro atoms. The summed E-state index contributed by atoms with van der Waals surface area (Å²) in [6.07, 6.45) is 4.17. The fourth-order valence-corrected chi connectivity index (χ4v) is 7.04. The molecule has 2 aromatic carbocycles. The van der Waals surface area contributed by atoms with Crippen LogP contribution in [0.1, 0.15) is 63.6 Å². The van der Waals surface area contributed by atoms with Crippen LogP contribution in [0.15, 0.2) is 48.7 Å². The number of ether oxygens (including phenoxy) is 1. The number of benzene rings is 2. The Bertz CT molecular complexity index is 1820. The second kappa shape index (κ2) is 18.6. The number of aromatic nitrogens is 3. The minimum absolute atomic E-state index is 0.00209. The van der Waals surface area contributed by atoms with Gasteiger partial charge in [-0.2, -0.15) is 0 Å². The summed E-state index contributed by atoms with van der Waals surface area (Å²) in [6.45, 7) is 4.05. The van der Waals surface area contributed by atoms with Gasteiger partial charge in [-0.3, -0.25) is 28.8 Å². The summed E-state index contributed by atoms with van der Waals surface area (Å²) in [6, 6.07) is 9.10. The number of hydrogen-bond donors (Lipinski definition) is 4. The van der Waals surface area contributed by atoms with Crippen molar-refractivity contribution >= 4 is 46.2 Å². The third-order valence-corrected chi connectivity index (χ3v) is 9.96. The first kappa shape index (κ1) is 39.8. The van der Waals surface area contributed by atoms with Crippen molar-refractivity contribution in [1.82, 2.24) is 40.7 Å². The van der Waals surface area contributed by atoms with Gasteiger partial charge < -0.3 is 36.2 Å². The number of carbonyl (C=O) groups is 6. The van der Waals surface area contributed by atoms with Crippen LogP contribution in [0.3, 0.4) is 0 Å². The van der Waals surface area contributed by atoms with Crippen LogP contribution in [0.4, 0.5) is 0 Å². The van der Waals surface area contributed by atoms with Crippen molar-refractivity contribution in [2.24, 2.45) is 11.7 Å². The number of amides is 6. The molecule has 0 aliphatic carbocycles. The van der Waals surface area contributed by atoms with E-state index in [2.05, 4.69) is 26.3 Å². The van der Waals surface area contributed by atoms with E-state index in [1.165, 1.54) is 23.0 Å². The summed E-state index contributed by atoms with van der Waals surface area (Å²) in [5.74, 6) is -3.11. The van der Waals surface area contributed by atoms with Crippen molar-refractivity contribution in [3.8, 4) is 0 Å². The molecule has 3 heterocycles. The van der Waals surface area contributed by atoms with Crippen molar-refractivity contribution in [2.45, 2.75) is 96.1 Å². The first-order valence-corrected chi connectivity index (χ1v) is 18.6. The molecule has 54 heavy (non-hydrogen) atoms. The predicted molar refractivity (Wildman–Crippen MR) is 198 cm³/mol. The molecule has 290 valence electrons. The lowest BCUT2D eigenvalue weighted by atomic mass is 9.97. The summed E-state index contributed by atoms with van der Waals surface area (Å²) >= 11 is 0. The molecule has 0 saturated carbocycles. The first-order valence-electron chi connectivity index (χ1n) is 18.6. The van der Waals surface area contributed by atoms with Gasteiger partial charge in [0.1, 0.15) is 24.2 Å². The molecule has 16 nitrogen and oxygen atoms in total. The molecule has 16 heteroatoms. The molecule has 1 fully saturated rings. The predicted octanol–water partition coefficient (Wildman–Crippen LogP) is 0.810. The van der Waals surface area contributed by atoms with E-state index in [-0.39, 0.29) is 44.4 Å². The van der Waals surface area contributed by atoms with E-state index in [0.29, 0.717) is 50.9 Å². The average molecular weight is 746 g/mol. The van der Waals surface area contributed by atoms with E-state index in [9.17, 15) is 28.8 Å². The molecule has 3 aromatic rings. The third-order valence-electron chi connectivity index (χ3n) is 9.96. The minimum Gasteiger partial charge on any atom is -0.372 e. The smallest absolute Gasteiger partial charge is 0.247 e. The number of aryl methyl sites for hydroxylation is 1. The number of rotatable bonds is 7. The molecular weight excluding hydrogens is 694 g/mol. The van der Waals surface area contributed by atoms with Gasteiger partial charge in [-0.1, -0.05) is 61.5 Å². The zero-order chi connectivity index (χ0) is 38.8. The zero-order valence-electron chi connectivity index (χ0n) is 31.2. The Labute approximate surface area is 314 Å². The van der Waals surface area contributed by atoms with Gasteiger partial charge in [0, 0.05) is 33.0 Å². The summed E-state index contributed by atoms with van der Waals surface area (Å²) in [5.41, 5.74) is 7.13. The molecule has 0 bridgehead atoms. The van der Waals surface area contributed by atoms with Gasteiger partial charge >= 0.3 is 0 Å². The molecule has 1 saturated heterocycles. The summed E-state index contributed by atoms with van der Waals surface area (Å²) < 4.78 is 7.65. The van der Waals surface area contributed by atoms with Crippen LogP contribution in [0.2, 0.25) is 0 Å².